The fourth-order valence-electron chi connectivity index (χ4n) is 2.01. The molecule has 1 aromatic heterocycles. The van der Waals surface area contributed by atoms with Gasteiger partial charge < -0.3 is 10.2 Å². The summed E-state index contributed by atoms with van der Waals surface area (Å²) in [7, 11) is 1.73. The van der Waals surface area contributed by atoms with Crippen molar-refractivity contribution in [3.63, 3.8) is 0 Å². The van der Waals surface area contributed by atoms with E-state index in [1.807, 2.05) is 35.7 Å². The Morgan fingerprint density at radius 2 is 1.95 bits per heavy atom. The molecule has 0 aliphatic carbocycles. The predicted octanol–water partition coefficient (Wildman–Crippen LogP) is 3.29. The van der Waals surface area contributed by atoms with Crippen LogP contribution in [0.5, 0.6) is 0 Å². The van der Waals surface area contributed by atoms with Crippen LogP contribution in [0.25, 0.3) is 0 Å². The summed E-state index contributed by atoms with van der Waals surface area (Å²) in [5, 5.41) is 4.57. The van der Waals surface area contributed by atoms with E-state index in [0.717, 1.165) is 10.0 Å². The molecule has 1 atom stereocenters. The van der Waals surface area contributed by atoms with Gasteiger partial charge in [0.1, 0.15) is 6.04 Å². The van der Waals surface area contributed by atoms with E-state index < -0.39 is 6.04 Å². The van der Waals surface area contributed by atoms with Gasteiger partial charge in [0.25, 0.3) is 5.91 Å². The van der Waals surface area contributed by atoms with Crippen molar-refractivity contribution in [2.75, 3.05) is 7.05 Å². The van der Waals surface area contributed by atoms with Gasteiger partial charge in [0.2, 0.25) is 5.91 Å². The van der Waals surface area contributed by atoms with Crippen molar-refractivity contribution < 1.29 is 9.59 Å². The minimum absolute atomic E-state index is 0.118. The number of nitrogens with one attached hydrogen (secondary N) is 1. The minimum Gasteiger partial charge on any atom is -0.340 e. The number of thiophene rings is 1. The zero-order chi connectivity index (χ0) is 16.1. The normalized spacial score (nSPS) is 11.8. The van der Waals surface area contributed by atoms with Gasteiger partial charge in [-0.1, -0.05) is 34.1 Å². The molecule has 2 amide bonds. The molecule has 0 saturated heterocycles. The molecule has 0 spiro atoms. The zero-order valence-electron chi connectivity index (χ0n) is 12.4. The number of hydrogen-bond donors (Lipinski definition) is 1. The second kappa shape index (κ2) is 7.56. The Bertz CT molecular complexity index is 641. The van der Waals surface area contributed by atoms with Gasteiger partial charge in [-0.25, -0.2) is 0 Å². The van der Waals surface area contributed by atoms with E-state index in [0.29, 0.717) is 11.4 Å². The van der Waals surface area contributed by atoms with Crippen LogP contribution in [0.4, 0.5) is 0 Å². The number of rotatable bonds is 5. The molecule has 1 heterocycles. The SMILES string of the molecule is CC(NC(=O)c1cccs1)C(=O)N(C)Cc1ccc(Br)cc1. The number of amides is 2. The third-order valence-corrected chi connectivity index (χ3v) is 4.57. The lowest BCUT2D eigenvalue weighted by molar-refractivity contribution is -0.132. The van der Waals surface area contributed by atoms with E-state index in [4.69, 9.17) is 0 Å². The van der Waals surface area contributed by atoms with Crippen molar-refractivity contribution in [2.24, 2.45) is 0 Å². The molecule has 0 aliphatic heterocycles. The quantitative estimate of drug-likeness (QED) is 0.864. The summed E-state index contributed by atoms with van der Waals surface area (Å²) in [5.74, 6) is -0.333. The Morgan fingerprint density at radius 3 is 2.55 bits per heavy atom. The zero-order valence-corrected chi connectivity index (χ0v) is 14.8. The molecule has 22 heavy (non-hydrogen) atoms. The smallest absolute Gasteiger partial charge is 0.261 e. The van der Waals surface area contributed by atoms with Crippen LogP contribution in [-0.4, -0.2) is 29.8 Å². The first-order chi connectivity index (χ1) is 10.5. The lowest BCUT2D eigenvalue weighted by Crippen LogP contribution is -2.45. The first kappa shape index (κ1) is 16.7. The van der Waals surface area contributed by atoms with Gasteiger partial charge in [-0.05, 0) is 36.1 Å². The van der Waals surface area contributed by atoms with Gasteiger partial charge in [-0.2, -0.15) is 0 Å². The van der Waals surface area contributed by atoms with Gasteiger partial charge in [0.05, 0.1) is 4.88 Å². The van der Waals surface area contributed by atoms with Crippen molar-refractivity contribution in [2.45, 2.75) is 19.5 Å². The third kappa shape index (κ3) is 4.42. The minimum atomic E-state index is -0.560. The summed E-state index contributed by atoms with van der Waals surface area (Å²) in [6, 6.07) is 10.8. The standard InChI is InChI=1S/C16H17BrN2O2S/c1-11(18-15(20)14-4-3-9-22-14)16(21)19(2)10-12-5-7-13(17)8-6-12/h3-9,11H,10H2,1-2H3,(H,18,20). The van der Waals surface area contributed by atoms with Crippen molar-refractivity contribution >= 4 is 39.1 Å². The number of halogens is 1. The van der Waals surface area contributed by atoms with Crippen LogP contribution >= 0.6 is 27.3 Å². The number of carbonyl (C=O) groups excluding carboxylic acids is 2. The predicted molar refractivity (Wildman–Crippen MR) is 91.9 cm³/mol. The molecule has 1 N–H and O–H groups in total. The van der Waals surface area contributed by atoms with E-state index in [1.165, 1.54) is 11.3 Å². The monoisotopic (exact) mass is 380 g/mol. The van der Waals surface area contributed by atoms with Gasteiger partial charge in [0, 0.05) is 18.1 Å². The summed E-state index contributed by atoms with van der Waals surface area (Å²) in [5.41, 5.74) is 1.04. The number of hydrogen-bond acceptors (Lipinski definition) is 3. The average Bonchev–Trinajstić information content (AvgIpc) is 3.03. The molecule has 0 saturated carbocycles. The highest BCUT2D eigenvalue weighted by Gasteiger charge is 2.20. The Kier molecular flexibility index (Phi) is 5.74. The lowest BCUT2D eigenvalue weighted by atomic mass is 10.2. The summed E-state index contributed by atoms with van der Waals surface area (Å²) in [4.78, 5) is 26.5. The summed E-state index contributed by atoms with van der Waals surface area (Å²) in [6.07, 6.45) is 0. The lowest BCUT2D eigenvalue weighted by Gasteiger charge is -2.22. The van der Waals surface area contributed by atoms with Crippen LogP contribution < -0.4 is 5.32 Å². The molecular weight excluding hydrogens is 364 g/mol. The molecule has 2 aromatic rings. The molecule has 6 heteroatoms. The van der Waals surface area contributed by atoms with Crippen LogP contribution in [0.1, 0.15) is 22.2 Å². The van der Waals surface area contributed by atoms with Gasteiger partial charge in [-0.15, -0.1) is 11.3 Å². The van der Waals surface area contributed by atoms with E-state index in [1.54, 1.807) is 24.9 Å². The molecule has 1 aromatic carbocycles. The highest BCUT2D eigenvalue weighted by Crippen LogP contribution is 2.12. The fraction of sp³-hybridized carbons (Fsp3) is 0.250. The number of nitrogens with zero attached hydrogens (tertiary/aromatic N) is 1. The summed E-state index contributed by atoms with van der Waals surface area (Å²) >= 11 is 4.74. The first-order valence-corrected chi connectivity index (χ1v) is 8.48. The summed E-state index contributed by atoms with van der Waals surface area (Å²) in [6.45, 7) is 2.21. The number of benzene rings is 1. The highest BCUT2D eigenvalue weighted by molar-refractivity contribution is 9.10. The molecule has 0 aliphatic rings. The molecule has 0 bridgehead atoms. The van der Waals surface area contributed by atoms with E-state index in [9.17, 15) is 9.59 Å². The van der Waals surface area contributed by atoms with Crippen molar-refractivity contribution in [3.8, 4) is 0 Å². The van der Waals surface area contributed by atoms with Gasteiger partial charge in [0.15, 0.2) is 0 Å². The molecule has 2 rings (SSSR count). The molecule has 0 radical (unpaired) electrons. The molecule has 4 nitrogen and oxygen atoms in total. The van der Waals surface area contributed by atoms with Crippen molar-refractivity contribution in [1.29, 1.82) is 0 Å². The Hall–Kier alpha value is -1.66. The second-order valence-electron chi connectivity index (χ2n) is 4.99. The van der Waals surface area contributed by atoms with Crippen LogP contribution in [-0.2, 0) is 11.3 Å². The van der Waals surface area contributed by atoms with Crippen molar-refractivity contribution in [3.05, 3.63) is 56.7 Å². The van der Waals surface area contributed by atoms with Gasteiger partial charge >= 0.3 is 0 Å². The molecule has 1 unspecified atom stereocenters. The number of carbonyl (C=O) groups is 2. The molecule has 0 fully saturated rings. The Balaban J connectivity index is 1.92. The fourth-order valence-corrected chi connectivity index (χ4v) is 2.90. The van der Waals surface area contributed by atoms with Crippen LogP contribution in [0, 0.1) is 0 Å². The highest BCUT2D eigenvalue weighted by atomic mass is 79.9. The average molecular weight is 381 g/mol. The first-order valence-electron chi connectivity index (χ1n) is 6.81. The number of likely N-dealkylation sites (N-methyl/N-ethyl adjacent to an activating group) is 1. The topological polar surface area (TPSA) is 49.4 Å². The van der Waals surface area contributed by atoms with Crippen LogP contribution in [0.2, 0.25) is 0 Å². The third-order valence-electron chi connectivity index (χ3n) is 3.17. The van der Waals surface area contributed by atoms with Crippen LogP contribution in [0.3, 0.4) is 0 Å². The maximum absolute atomic E-state index is 12.3. The van der Waals surface area contributed by atoms with E-state index >= 15 is 0 Å². The van der Waals surface area contributed by atoms with Crippen LogP contribution in [0.15, 0.2) is 46.3 Å². The van der Waals surface area contributed by atoms with E-state index in [-0.39, 0.29) is 11.8 Å². The Morgan fingerprint density at radius 1 is 1.27 bits per heavy atom. The second-order valence-corrected chi connectivity index (χ2v) is 6.86. The largest absolute Gasteiger partial charge is 0.340 e. The van der Waals surface area contributed by atoms with Gasteiger partial charge in [-0.3, -0.25) is 9.59 Å². The summed E-state index contributed by atoms with van der Waals surface area (Å²) < 4.78 is 1.00. The Labute approximate surface area is 142 Å². The van der Waals surface area contributed by atoms with Crippen molar-refractivity contribution in [1.82, 2.24) is 10.2 Å². The maximum atomic E-state index is 12.3. The maximum Gasteiger partial charge on any atom is 0.261 e. The molecular formula is C16H17BrN2O2S. The van der Waals surface area contributed by atoms with E-state index in [2.05, 4.69) is 21.2 Å². The molecule has 116 valence electrons.